The van der Waals surface area contributed by atoms with Gasteiger partial charge in [-0.1, -0.05) is 41.4 Å². The molecule has 0 fully saturated rings. The molecular formula is C23H18Cl2N4O2S. The number of benzene rings is 2. The first-order valence-electron chi connectivity index (χ1n) is 9.60. The van der Waals surface area contributed by atoms with Gasteiger partial charge in [0.25, 0.3) is 11.8 Å². The topological polar surface area (TPSA) is 76.0 Å². The second-order valence-electron chi connectivity index (χ2n) is 6.98. The molecule has 4 rings (SSSR count). The minimum absolute atomic E-state index is 0.286. The van der Waals surface area contributed by atoms with Gasteiger partial charge >= 0.3 is 0 Å². The summed E-state index contributed by atoms with van der Waals surface area (Å²) in [5.41, 5.74) is 1.54. The molecule has 2 aromatic carbocycles. The van der Waals surface area contributed by atoms with Crippen molar-refractivity contribution in [2.75, 3.05) is 5.32 Å². The lowest BCUT2D eigenvalue weighted by molar-refractivity contribution is 0.0940. The van der Waals surface area contributed by atoms with E-state index in [2.05, 4.69) is 15.6 Å². The SMILES string of the molecule is Cn1ccnc1[C@@H](NC(=O)c1ccc(Cl)c(NC(=O)c2cccs2)c1)c1ccc(Cl)cc1. The largest absolute Gasteiger partial charge is 0.338 e. The number of nitrogens with zero attached hydrogens (tertiary/aromatic N) is 2. The van der Waals surface area contributed by atoms with E-state index in [-0.39, 0.29) is 11.8 Å². The molecule has 0 aliphatic heterocycles. The molecular weight excluding hydrogens is 467 g/mol. The van der Waals surface area contributed by atoms with E-state index in [1.54, 1.807) is 48.7 Å². The molecule has 0 saturated heterocycles. The molecule has 1 atom stereocenters. The lowest BCUT2D eigenvalue weighted by Gasteiger charge is -2.20. The van der Waals surface area contributed by atoms with Gasteiger partial charge in [-0.3, -0.25) is 9.59 Å². The fraction of sp³-hybridized carbons (Fsp3) is 0.0870. The normalized spacial score (nSPS) is 11.7. The highest BCUT2D eigenvalue weighted by molar-refractivity contribution is 7.12. The van der Waals surface area contributed by atoms with Crippen molar-refractivity contribution < 1.29 is 9.59 Å². The van der Waals surface area contributed by atoms with Gasteiger partial charge in [0, 0.05) is 30.0 Å². The molecule has 0 bridgehead atoms. The number of hydrogen-bond acceptors (Lipinski definition) is 4. The Labute approximate surface area is 198 Å². The van der Waals surface area contributed by atoms with Crippen molar-refractivity contribution in [3.05, 3.63) is 104 Å². The molecule has 2 heterocycles. The molecule has 0 radical (unpaired) electrons. The number of hydrogen-bond donors (Lipinski definition) is 2. The molecule has 0 unspecified atom stereocenters. The third-order valence-electron chi connectivity index (χ3n) is 4.82. The van der Waals surface area contributed by atoms with Gasteiger partial charge in [0.2, 0.25) is 0 Å². The number of rotatable bonds is 6. The third kappa shape index (κ3) is 4.85. The van der Waals surface area contributed by atoms with E-state index >= 15 is 0 Å². The van der Waals surface area contributed by atoms with Gasteiger partial charge in [-0.25, -0.2) is 4.98 Å². The Morgan fingerprint density at radius 1 is 1.06 bits per heavy atom. The van der Waals surface area contributed by atoms with Gasteiger partial charge in [0.1, 0.15) is 11.9 Å². The lowest BCUT2D eigenvalue weighted by Crippen LogP contribution is -2.31. The van der Waals surface area contributed by atoms with Crippen molar-refractivity contribution in [2.24, 2.45) is 7.05 Å². The summed E-state index contributed by atoms with van der Waals surface area (Å²) in [6.07, 6.45) is 3.48. The van der Waals surface area contributed by atoms with Crippen LogP contribution in [-0.2, 0) is 7.05 Å². The molecule has 6 nitrogen and oxygen atoms in total. The molecule has 9 heteroatoms. The van der Waals surface area contributed by atoms with E-state index in [0.29, 0.717) is 32.0 Å². The van der Waals surface area contributed by atoms with Crippen molar-refractivity contribution in [1.82, 2.24) is 14.9 Å². The second kappa shape index (κ2) is 9.56. The Kier molecular flexibility index (Phi) is 6.60. The number of aromatic nitrogens is 2. The summed E-state index contributed by atoms with van der Waals surface area (Å²) in [5.74, 6) is 0.0450. The van der Waals surface area contributed by atoms with Gasteiger partial charge in [-0.05, 0) is 47.3 Å². The van der Waals surface area contributed by atoms with Crippen LogP contribution in [0.4, 0.5) is 5.69 Å². The number of halogens is 2. The molecule has 0 spiro atoms. The predicted octanol–water partition coefficient (Wildman–Crippen LogP) is 5.56. The van der Waals surface area contributed by atoms with Crippen molar-refractivity contribution in [3.8, 4) is 0 Å². The second-order valence-corrected chi connectivity index (χ2v) is 8.77. The first-order chi connectivity index (χ1) is 15.4. The van der Waals surface area contributed by atoms with E-state index in [0.717, 1.165) is 5.56 Å². The summed E-state index contributed by atoms with van der Waals surface area (Å²) in [7, 11) is 1.86. The van der Waals surface area contributed by atoms with Gasteiger partial charge in [0.05, 0.1) is 15.6 Å². The number of anilines is 1. The molecule has 2 aromatic heterocycles. The molecule has 0 aliphatic rings. The summed E-state index contributed by atoms with van der Waals surface area (Å²) in [6.45, 7) is 0. The first kappa shape index (κ1) is 22.1. The van der Waals surface area contributed by atoms with Gasteiger partial charge < -0.3 is 15.2 Å². The van der Waals surface area contributed by atoms with Crippen LogP contribution in [0.25, 0.3) is 0 Å². The molecule has 32 heavy (non-hydrogen) atoms. The summed E-state index contributed by atoms with van der Waals surface area (Å²) in [6, 6.07) is 15.0. The fourth-order valence-electron chi connectivity index (χ4n) is 3.18. The van der Waals surface area contributed by atoms with E-state index in [4.69, 9.17) is 23.2 Å². The standard InChI is InChI=1S/C23H18Cl2N4O2S/c1-29-11-10-26-21(29)20(14-4-7-16(24)8-5-14)28-22(30)15-6-9-17(25)18(13-15)27-23(31)19-3-2-12-32-19/h2-13,20H,1H3,(H,27,31)(H,28,30)/t20-/m0/s1. The summed E-state index contributed by atoms with van der Waals surface area (Å²) < 4.78 is 1.84. The summed E-state index contributed by atoms with van der Waals surface area (Å²) >= 11 is 13.6. The maximum absolute atomic E-state index is 13.2. The minimum Gasteiger partial charge on any atom is -0.338 e. The number of nitrogens with one attached hydrogen (secondary N) is 2. The number of carbonyl (C=O) groups excluding carboxylic acids is 2. The number of thiophene rings is 1. The number of imidazole rings is 1. The Balaban J connectivity index is 1.60. The van der Waals surface area contributed by atoms with E-state index < -0.39 is 6.04 Å². The zero-order chi connectivity index (χ0) is 22.7. The number of amides is 2. The van der Waals surface area contributed by atoms with Crippen LogP contribution < -0.4 is 10.6 Å². The Bertz CT molecular complexity index is 1250. The Morgan fingerprint density at radius 2 is 1.84 bits per heavy atom. The lowest BCUT2D eigenvalue weighted by atomic mass is 10.1. The molecule has 0 saturated carbocycles. The zero-order valence-corrected chi connectivity index (χ0v) is 19.2. The summed E-state index contributed by atoms with van der Waals surface area (Å²) in [4.78, 5) is 30.5. The average molecular weight is 485 g/mol. The van der Waals surface area contributed by atoms with E-state index in [1.807, 2.05) is 35.3 Å². The van der Waals surface area contributed by atoms with Crippen molar-refractivity contribution >= 4 is 52.0 Å². The van der Waals surface area contributed by atoms with Gasteiger partial charge in [-0.2, -0.15) is 0 Å². The Hall–Kier alpha value is -3.13. The van der Waals surface area contributed by atoms with E-state index in [1.165, 1.54) is 11.3 Å². The number of carbonyl (C=O) groups is 2. The van der Waals surface area contributed by atoms with Crippen LogP contribution in [0.15, 0.2) is 72.4 Å². The van der Waals surface area contributed by atoms with Gasteiger partial charge in [-0.15, -0.1) is 11.3 Å². The monoisotopic (exact) mass is 484 g/mol. The van der Waals surface area contributed by atoms with Crippen LogP contribution in [0.3, 0.4) is 0 Å². The molecule has 0 aliphatic carbocycles. The van der Waals surface area contributed by atoms with Gasteiger partial charge in [0.15, 0.2) is 0 Å². The highest BCUT2D eigenvalue weighted by Crippen LogP contribution is 2.26. The minimum atomic E-state index is -0.500. The van der Waals surface area contributed by atoms with Crippen LogP contribution in [-0.4, -0.2) is 21.4 Å². The predicted molar refractivity (Wildman–Crippen MR) is 128 cm³/mol. The van der Waals surface area contributed by atoms with Crippen LogP contribution >= 0.6 is 34.5 Å². The van der Waals surface area contributed by atoms with Crippen LogP contribution in [0.1, 0.15) is 37.5 Å². The maximum atomic E-state index is 13.2. The van der Waals surface area contributed by atoms with Crippen LogP contribution in [0.2, 0.25) is 10.0 Å². The highest BCUT2D eigenvalue weighted by atomic mass is 35.5. The Morgan fingerprint density at radius 3 is 2.50 bits per heavy atom. The molecule has 2 amide bonds. The zero-order valence-electron chi connectivity index (χ0n) is 16.9. The quantitative estimate of drug-likeness (QED) is 0.376. The molecule has 162 valence electrons. The molecule has 2 N–H and O–H groups in total. The average Bonchev–Trinajstić information content (AvgIpc) is 3.46. The molecule has 4 aromatic rings. The van der Waals surface area contributed by atoms with Crippen molar-refractivity contribution in [3.63, 3.8) is 0 Å². The van der Waals surface area contributed by atoms with Crippen molar-refractivity contribution in [2.45, 2.75) is 6.04 Å². The fourth-order valence-corrected chi connectivity index (χ4v) is 4.09. The third-order valence-corrected chi connectivity index (χ3v) is 6.27. The maximum Gasteiger partial charge on any atom is 0.265 e. The van der Waals surface area contributed by atoms with Crippen molar-refractivity contribution in [1.29, 1.82) is 0 Å². The van der Waals surface area contributed by atoms with Crippen LogP contribution in [0.5, 0.6) is 0 Å². The summed E-state index contributed by atoms with van der Waals surface area (Å²) in [5, 5.41) is 8.54. The van der Waals surface area contributed by atoms with E-state index in [9.17, 15) is 9.59 Å². The number of aryl methyl sites for hydroxylation is 1. The highest BCUT2D eigenvalue weighted by Gasteiger charge is 2.22. The smallest absolute Gasteiger partial charge is 0.265 e. The van der Waals surface area contributed by atoms with Crippen LogP contribution in [0, 0.1) is 0 Å². The first-order valence-corrected chi connectivity index (χ1v) is 11.2.